The van der Waals surface area contributed by atoms with E-state index in [1.165, 1.54) is 0 Å². The van der Waals surface area contributed by atoms with Crippen LogP contribution in [0.4, 0.5) is 0 Å². The van der Waals surface area contributed by atoms with E-state index in [1.807, 2.05) is 11.0 Å². The molecule has 1 aromatic rings. The van der Waals surface area contributed by atoms with Crippen LogP contribution in [-0.4, -0.2) is 53.6 Å². The molecule has 5 nitrogen and oxygen atoms in total. The summed E-state index contributed by atoms with van der Waals surface area (Å²) in [6.07, 6.45) is 1.74. The van der Waals surface area contributed by atoms with Crippen molar-refractivity contribution in [2.45, 2.75) is 33.2 Å². The van der Waals surface area contributed by atoms with Gasteiger partial charge < -0.3 is 14.4 Å². The monoisotopic (exact) mass is 294 g/mol. The largest absolute Gasteiger partial charge is 0.455 e. The standard InChI is InChI=1S/C16H26N2O3/c1-3-17(4-2)12-14-5-6-15(21-14)16(20)18-9-7-13(11-18)8-10-19/h5-6,13,19H,3-4,7-12H2,1-2H3. The van der Waals surface area contributed by atoms with Gasteiger partial charge in [0.25, 0.3) is 5.91 Å². The highest BCUT2D eigenvalue weighted by Crippen LogP contribution is 2.22. The summed E-state index contributed by atoms with van der Waals surface area (Å²) in [5, 5.41) is 8.98. The van der Waals surface area contributed by atoms with Crippen molar-refractivity contribution >= 4 is 5.91 Å². The van der Waals surface area contributed by atoms with Crippen molar-refractivity contribution in [3.63, 3.8) is 0 Å². The van der Waals surface area contributed by atoms with E-state index in [0.717, 1.165) is 51.3 Å². The van der Waals surface area contributed by atoms with E-state index in [0.29, 0.717) is 11.7 Å². The van der Waals surface area contributed by atoms with Crippen LogP contribution in [0.5, 0.6) is 0 Å². The molecule has 0 spiro atoms. The van der Waals surface area contributed by atoms with Gasteiger partial charge in [0.1, 0.15) is 5.76 Å². The van der Waals surface area contributed by atoms with E-state index >= 15 is 0 Å². The van der Waals surface area contributed by atoms with Crippen molar-refractivity contribution < 1.29 is 14.3 Å². The minimum Gasteiger partial charge on any atom is -0.455 e. The zero-order valence-electron chi connectivity index (χ0n) is 13.0. The molecule has 5 heteroatoms. The van der Waals surface area contributed by atoms with E-state index in [4.69, 9.17) is 9.52 Å². The molecule has 1 saturated heterocycles. The summed E-state index contributed by atoms with van der Waals surface area (Å²) in [5.41, 5.74) is 0. The first-order chi connectivity index (χ1) is 10.2. The molecule has 0 radical (unpaired) electrons. The predicted octanol–water partition coefficient (Wildman–Crippen LogP) is 1.97. The predicted molar refractivity (Wildman–Crippen MR) is 81.0 cm³/mol. The molecule has 0 aromatic carbocycles. The van der Waals surface area contributed by atoms with E-state index in [2.05, 4.69) is 18.7 Å². The van der Waals surface area contributed by atoms with Gasteiger partial charge in [0, 0.05) is 19.7 Å². The molecule has 2 heterocycles. The zero-order chi connectivity index (χ0) is 15.2. The maximum Gasteiger partial charge on any atom is 0.289 e. The summed E-state index contributed by atoms with van der Waals surface area (Å²) < 4.78 is 5.70. The van der Waals surface area contributed by atoms with Gasteiger partial charge in [-0.2, -0.15) is 0 Å². The van der Waals surface area contributed by atoms with E-state index < -0.39 is 0 Å². The highest BCUT2D eigenvalue weighted by atomic mass is 16.4. The van der Waals surface area contributed by atoms with E-state index in [9.17, 15) is 4.79 Å². The van der Waals surface area contributed by atoms with E-state index in [1.54, 1.807) is 6.07 Å². The van der Waals surface area contributed by atoms with Crippen LogP contribution >= 0.6 is 0 Å². The fraction of sp³-hybridized carbons (Fsp3) is 0.688. The zero-order valence-corrected chi connectivity index (χ0v) is 13.0. The number of nitrogens with zero attached hydrogens (tertiary/aromatic N) is 2. The number of hydrogen-bond acceptors (Lipinski definition) is 4. The molecule has 118 valence electrons. The first-order valence-corrected chi connectivity index (χ1v) is 7.89. The quantitative estimate of drug-likeness (QED) is 0.835. The number of amides is 1. The van der Waals surface area contributed by atoms with Crippen LogP contribution in [0, 0.1) is 5.92 Å². The number of likely N-dealkylation sites (tertiary alicyclic amines) is 1. The summed E-state index contributed by atoms with van der Waals surface area (Å²) in [6, 6.07) is 3.67. The van der Waals surface area contributed by atoms with Gasteiger partial charge in [0.05, 0.1) is 6.54 Å². The molecule has 1 aromatic heterocycles. The number of carbonyl (C=O) groups is 1. The number of furan rings is 1. The number of hydrogen-bond donors (Lipinski definition) is 1. The van der Waals surface area contributed by atoms with Crippen LogP contribution in [0.3, 0.4) is 0 Å². The molecule has 0 bridgehead atoms. The molecule has 1 amide bonds. The number of aliphatic hydroxyl groups excluding tert-OH is 1. The van der Waals surface area contributed by atoms with Gasteiger partial charge in [-0.3, -0.25) is 9.69 Å². The Labute approximate surface area is 126 Å². The average Bonchev–Trinajstić information content (AvgIpc) is 3.13. The maximum absolute atomic E-state index is 12.4. The third kappa shape index (κ3) is 4.08. The molecule has 1 aliphatic rings. The van der Waals surface area contributed by atoms with Gasteiger partial charge in [-0.05, 0) is 44.0 Å². The van der Waals surface area contributed by atoms with Crippen molar-refractivity contribution in [2.24, 2.45) is 5.92 Å². The van der Waals surface area contributed by atoms with Crippen LogP contribution in [0.25, 0.3) is 0 Å². The summed E-state index contributed by atoms with van der Waals surface area (Å²) in [6.45, 7) is 8.59. The van der Waals surface area contributed by atoms with Crippen LogP contribution in [0.1, 0.15) is 43.0 Å². The minimum atomic E-state index is -0.0266. The molecule has 0 aliphatic carbocycles. The summed E-state index contributed by atoms with van der Waals surface area (Å²) >= 11 is 0. The van der Waals surface area contributed by atoms with Gasteiger partial charge in [-0.25, -0.2) is 0 Å². The lowest BCUT2D eigenvalue weighted by Crippen LogP contribution is -2.28. The average molecular weight is 294 g/mol. The van der Waals surface area contributed by atoms with Crippen LogP contribution in [0.15, 0.2) is 16.5 Å². The Morgan fingerprint density at radius 3 is 2.86 bits per heavy atom. The Kier molecular flexibility index (Phi) is 5.82. The van der Waals surface area contributed by atoms with Gasteiger partial charge in [-0.1, -0.05) is 13.8 Å². The van der Waals surface area contributed by atoms with Crippen LogP contribution < -0.4 is 0 Å². The third-order valence-electron chi connectivity index (χ3n) is 4.26. The van der Waals surface area contributed by atoms with Crippen molar-refractivity contribution in [1.82, 2.24) is 9.80 Å². The lowest BCUT2D eigenvalue weighted by atomic mass is 10.1. The van der Waals surface area contributed by atoms with Crippen molar-refractivity contribution in [3.8, 4) is 0 Å². The first-order valence-electron chi connectivity index (χ1n) is 7.89. The lowest BCUT2D eigenvalue weighted by molar-refractivity contribution is 0.0749. The van der Waals surface area contributed by atoms with Gasteiger partial charge >= 0.3 is 0 Å². The Hall–Kier alpha value is -1.33. The molecule has 1 fully saturated rings. The molecule has 1 unspecified atom stereocenters. The highest BCUT2D eigenvalue weighted by Gasteiger charge is 2.28. The smallest absolute Gasteiger partial charge is 0.289 e. The Morgan fingerprint density at radius 2 is 2.19 bits per heavy atom. The normalized spacial score (nSPS) is 18.7. The number of carbonyl (C=O) groups excluding carboxylic acids is 1. The first kappa shape index (κ1) is 16.0. The fourth-order valence-electron chi connectivity index (χ4n) is 2.84. The molecular weight excluding hydrogens is 268 g/mol. The summed E-state index contributed by atoms with van der Waals surface area (Å²) in [7, 11) is 0. The van der Waals surface area contributed by atoms with Gasteiger partial charge in [0.2, 0.25) is 0 Å². The summed E-state index contributed by atoms with van der Waals surface area (Å²) in [5.74, 6) is 1.67. The molecular formula is C16H26N2O3. The molecule has 0 saturated carbocycles. The third-order valence-corrected chi connectivity index (χ3v) is 4.26. The second-order valence-electron chi connectivity index (χ2n) is 5.65. The Balaban J connectivity index is 1.93. The fourth-order valence-corrected chi connectivity index (χ4v) is 2.84. The SMILES string of the molecule is CCN(CC)Cc1ccc(C(=O)N2CCC(CCO)C2)o1. The molecule has 2 rings (SSSR count). The second kappa shape index (κ2) is 7.61. The lowest BCUT2D eigenvalue weighted by Gasteiger charge is -2.16. The number of aliphatic hydroxyl groups is 1. The van der Waals surface area contributed by atoms with E-state index in [-0.39, 0.29) is 12.5 Å². The highest BCUT2D eigenvalue weighted by molar-refractivity contribution is 5.91. The van der Waals surface area contributed by atoms with Crippen molar-refractivity contribution in [2.75, 3.05) is 32.8 Å². The Bertz CT molecular complexity index is 454. The molecule has 1 N–H and O–H groups in total. The Morgan fingerprint density at radius 1 is 1.43 bits per heavy atom. The molecule has 1 aliphatic heterocycles. The van der Waals surface area contributed by atoms with Crippen molar-refractivity contribution in [3.05, 3.63) is 23.7 Å². The van der Waals surface area contributed by atoms with Crippen LogP contribution in [-0.2, 0) is 6.54 Å². The molecule has 21 heavy (non-hydrogen) atoms. The second-order valence-corrected chi connectivity index (χ2v) is 5.65. The summed E-state index contributed by atoms with van der Waals surface area (Å²) in [4.78, 5) is 16.5. The van der Waals surface area contributed by atoms with Gasteiger partial charge in [-0.15, -0.1) is 0 Å². The number of rotatable bonds is 7. The minimum absolute atomic E-state index is 0.0266. The van der Waals surface area contributed by atoms with Crippen molar-refractivity contribution in [1.29, 1.82) is 0 Å². The maximum atomic E-state index is 12.4. The topological polar surface area (TPSA) is 56.9 Å². The molecule has 1 atom stereocenters. The van der Waals surface area contributed by atoms with Crippen LogP contribution in [0.2, 0.25) is 0 Å². The van der Waals surface area contributed by atoms with Gasteiger partial charge in [0.15, 0.2) is 5.76 Å².